The minimum atomic E-state index is -3.82. The fourth-order valence-electron chi connectivity index (χ4n) is 3.02. The Labute approximate surface area is 169 Å². The van der Waals surface area contributed by atoms with Crippen molar-refractivity contribution in [1.82, 2.24) is 9.44 Å². The van der Waals surface area contributed by atoms with Gasteiger partial charge in [0.2, 0.25) is 26.8 Å². The van der Waals surface area contributed by atoms with Gasteiger partial charge in [0.25, 0.3) is 0 Å². The number of benzene rings is 2. The van der Waals surface area contributed by atoms with E-state index in [9.17, 15) is 16.8 Å². The van der Waals surface area contributed by atoms with E-state index in [4.69, 9.17) is 14.2 Å². The molecule has 2 aliphatic rings. The number of fused-ring (bicyclic) bond motifs is 1. The first kappa shape index (κ1) is 20.1. The Morgan fingerprint density at radius 1 is 0.897 bits per heavy atom. The monoisotopic (exact) mass is 440 g/mol. The lowest BCUT2D eigenvalue weighted by Gasteiger charge is -2.13. The van der Waals surface area contributed by atoms with Crippen molar-refractivity contribution in [2.75, 3.05) is 13.4 Å². The van der Waals surface area contributed by atoms with E-state index >= 15 is 0 Å². The van der Waals surface area contributed by atoms with Crippen LogP contribution < -0.4 is 18.9 Å². The average molecular weight is 440 g/mol. The quantitative estimate of drug-likeness (QED) is 0.666. The summed E-state index contributed by atoms with van der Waals surface area (Å²) in [4.78, 5) is -0.0583. The van der Waals surface area contributed by atoms with E-state index in [0.29, 0.717) is 30.1 Å². The van der Waals surface area contributed by atoms with Crippen LogP contribution in [0.2, 0.25) is 0 Å². The van der Waals surface area contributed by atoms with Crippen molar-refractivity contribution < 1.29 is 31.0 Å². The molecule has 0 amide bonds. The summed E-state index contributed by atoms with van der Waals surface area (Å²) >= 11 is 0. The maximum atomic E-state index is 12.5. The molecule has 0 saturated carbocycles. The molecular weight excluding hydrogens is 420 g/mol. The highest BCUT2D eigenvalue weighted by Crippen LogP contribution is 2.32. The van der Waals surface area contributed by atoms with E-state index in [1.165, 1.54) is 24.3 Å². The van der Waals surface area contributed by atoms with E-state index in [1.807, 2.05) is 0 Å². The Balaban J connectivity index is 1.43. The van der Waals surface area contributed by atoms with Gasteiger partial charge in [-0.05, 0) is 54.8 Å². The first-order valence-electron chi connectivity index (χ1n) is 8.96. The van der Waals surface area contributed by atoms with Crippen LogP contribution in [0, 0.1) is 0 Å². The zero-order chi connectivity index (χ0) is 20.5. The third-order valence-electron chi connectivity index (χ3n) is 4.56. The third-order valence-corrected chi connectivity index (χ3v) is 7.45. The topological polar surface area (TPSA) is 120 Å². The van der Waals surface area contributed by atoms with Gasteiger partial charge in [0.1, 0.15) is 6.23 Å². The summed E-state index contributed by atoms with van der Waals surface area (Å²) in [6.07, 6.45) is 0.848. The van der Waals surface area contributed by atoms with Crippen LogP contribution in [0.25, 0.3) is 0 Å². The molecule has 1 saturated heterocycles. The minimum Gasteiger partial charge on any atom is -0.454 e. The molecule has 2 aliphatic heterocycles. The molecule has 1 unspecified atom stereocenters. The standard InChI is InChI=1S/C18H20N2O7S2/c21-28(22,19-11-13-3-8-16-17(10-13)27-12-26-16)14-4-6-15(7-5-14)29(23,24)20-18-2-1-9-25-18/h3-8,10,18-20H,1-2,9,11-12H2. The van der Waals surface area contributed by atoms with Gasteiger partial charge in [-0.2, -0.15) is 4.72 Å². The molecule has 0 radical (unpaired) electrons. The van der Waals surface area contributed by atoms with Crippen LogP contribution in [-0.4, -0.2) is 36.5 Å². The highest BCUT2D eigenvalue weighted by atomic mass is 32.2. The van der Waals surface area contributed by atoms with E-state index in [0.717, 1.165) is 6.42 Å². The molecule has 1 fully saturated rings. The van der Waals surface area contributed by atoms with E-state index in [1.54, 1.807) is 18.2 Å². The van der Waals surface area contributed by atoms with Gasteiger partial charge >= 0.3 is 0 Å². The molecule has 2 heterocycles. The Morgan fingerprint density at radius 2 is 1.59 bits per heavy atom. The molecule has 2 N–H and O–H groups in total. The number of ether oxygens (including phenoxy) is 3. The maximum absolute atomic E-state index is 12.5. The third kappa shape index (κ3) is 4.54. The summed E-state index contributed by atoms with van der Waals surface area (Å²) in [5.74, 6) is 1.18. The first-order chi connectivity index (χ1) is 13.8. The molecule has 0 aliphatic carbocycles. The maximum Gasteiger partial charge on any atom is 0.242 e. The Morgan fingerprint density at radius 3 is 2.28 bits per heavy atom. The van der Waals surface area contributed by atoms with Gasteiger partial charge in [0, 0.05) is 13.2 Å². The molecule has 11 heteroatoms. The van der Waals surface area contributed by atoms with Gasteiger partial charge in [-0.3, -0.25) is 0 Å². The van der Waals surface area contributed by atoms with Gasteiger partial charge in [-0.25, -0.2) is 21.6 Å². The number of nitrogens with one attached hydrogen (secondary N) is 2. The van der Waals surface area contributed by atoms with Crippen molar-refractivity contribution in [2.24, 2.45) is 0 Å². The molecule has 9 nitrogen and oxygen atoms in total. The van der Waals surface area contributed by atoms with Gasteiger partial charge in [0.15, 0.2) is 11.5 Å². The van der Waals surface area contributed by atoms with Gasteiger partial charge in [-0.15, -0.1) is 0 Å². The summed E-state index contributed by atoms with van der Waals surface area (Å²) in [6, 6.07) is 10.2. The summed E-state index contributed by atoms with van der Waals surface area (Å²) < 4.78 is 70.5. The van der Waals surface area contributed by atoms with Gasteiger partial charge in [-0.1, -0.05) is 6.07 Å². The van der Waals surface area contributed by atoms with Crippen molar-refractivity contribution in [3.05, 3.63) is 48.0 Å². The zero-order valence-corrected chi connectivity index (χ0v) is 17.0. The predicted molar refractivity (Wildman–Crippen MR) is 102 cm³/mol. The van der Waals surface area contributed by atoms with Crippen molar-refractivity contribution in [3.63, 3.8) is 0 Å². The largest absolute Gasteiger partial charge is 0.454 e. The number of rotatable bonds is 7. The summed E-state index contributed by atoms with van der Waals surface area (Å²) in [5.41, 5.74) is 0.706. The molecule has 29 heavy (non-hydrogen) atoms. The Kier molecular flexibility index (Phi) is 5.49. The van der Waals surface area contributed by atoms with Gasteiger partial charge < -0.3 is 14.2 Å². The smallest absolute Gasteiger partial charge is 0.242 e. The molecule has 4 rings (SSSR count). The molecule has 0 aromatic heterocycles. The summed E-state index contributed by atoms with van der Waals surface area (Å²) in [6.45, 7) is 0.709. The van der Waals surface area contributed by atoms with Crippen LogP contribution in [0.3, 0.4) is 0 Å². The molecule has 156 valence electrons. The molecule has 1 atom stereocenters. The zero-order valence-electron chi connectivity index (χ0n) is 15.3. The second-order valence-corrected chi connectivity index (χ2v) is 10.1. The predicted octanol–water partition coefficient (Wildman–Crippen LogP) is 1.31. The molecular formula is C18H20N2O7S2. The van der Waals surface area contributed by atoms with Crippen LogP contribution in [0.1, 0.15) is 18.4 Å². The SMILES string of the molecule is O=S(=O)(NCc1ccc2c(c1)OCO2)c1ccc(S(=O)(=O)NC2CCCO2)cc1. The van der Waals surface area contributed by atoms with Crippen molar-refractivity contribution >= 4 is 20.0 Å². The molecule has 0 spiro atoms. The normalized spacial score (nSPS) is 18.8. The van der Waals surface area contributed by atoms with E-state index < -0.39 is 26.3 Å². The minimum absolute atomic E-state index is 0.0253. The van der Waals surface area contributed by atoms with Crippen LogP contribution in [-0.2, 0) is 31.3 Å². The average Bonchev–Trinajstić information content (AvgIpc) is 3.37. The number of sulfonamides is 2. The van der Waals surface area contributed by atoms with Crippen LogP contribution >= 0.6 is 0 Å². The highest BCUT2D eigenvalue weighted by Gasteiger charge is 2.24. The van der Waals surface area contributed by atoms with Gasteiger partial charge in [0.05, 0.1) is 9.79 Å². The van der Waals surface area contributed by atoms with E-state index in [-0.39, 0.29) is 23.1 Å². The Hall–Kier alpha value is -2.18. The molecule has 2 aromatic rings. The van der Waals surface area contributed by atoms with Crippen molar-refractivity contribution in [1.29, 1.82) is 0 Å². The molecule has 2 aromatic carbocycles. The number of hydrogen-bond donors (Lipinski definition) is 2. The lowest BCUT2D eigenvalue weighted by atomic mass is 10.2. The molecule has 0 bridgehead atoms. The second-order valence-electron chi connectivity index (χ2n) is 6.61. The first-order valence-corrected chi connectivity index (χ1v) is 11.9. The fraction of sp³-hybridized carbons (Fsp3) is 0.333. The van der Waals surface area contributed by atoms with E-state index in [2.05, 4.69) is 9.44 Å². The lowest BCUT2D eigenvalue weighted by Crippen LogP contribution is -2.34. The second kappa shape index (κ2) is 7.92. The van der Waals surface area contributed by atoms with Crippen molar-refractivity contribution in [2.45, 2.75) is 35.4 Å². The van der Waals surface area contributed by atoms with Crippen molar-refractivity contribution in [3.8, 4) is 11.5 Å². The lowest BCUT2D eigenvalue weighted by molar-refractivity contribution is 0.103. The van der Waals surface area contributed by atoms with Crippen LogP contribution in [0.5, 0.6) is 11.5 Å². The number of hydrogen-bond acceptors (Lipinski definition) is 7. The highest BCUT2D eigenvalue weighted by molar-refractivity contribution is 7.90. The fourth-order valence-corrected chi connectivity index (χ4v) is 5.20. The Bertz CT molecular complexity index is 1090. The van der Waals surface area contributed by atoms with Crippen LogP contribution in [0.15, 0.2) is 52.3 Å². The summed E-state index contributed by atoms with van der Waals surface area (Å²) in [5, 5.41) is 0. The van der Waals surface area contributed by atoms with Crippen LogP contribution in [0.4, 0.5) is 0 Å². The summed E-state index contributed by atoms with van der Waals surface area (Å²) in [7, 11) is -7.60.